The number of fused-ring (bicyclic) bond motifs is 1. The Hall–Kier alpha value is -1.76. The van der Waals surface area contributed by atoms with Gasteiger partial charge in [0.15, 0.2) is 4.34 Å². The number of rotatable bonds is 5. The number of nitrogens with zero attached hydrogens (tertiary/aromatic N) is 2. The van der Waals surface area contributed by atoms with Gasteiger partial charge in [0.05, 0.1) is 32.4 Å². The second kappa shape index (κ2) is 7.42. The molecule has 124 valence electrons. The van der Waals surface area contributed by atoms with Crippen LogP contribution in [0.1, 0.15) is 0 Å². The van der Waals surface area contributed by atoms with E-state index in [-0.39, 0.29) is 5.91 Å². The first kappa shape index (κ1) is 17.1. The zero-order valence-corrected chi connectivity index (χ0v) is 15.6. The zero-order chi connectivity index (χ0) is 17.1. The molecule has 0 spiro atoms. The standard InChI is InChI=1S/C17H16ClN3OS2/c1-21(2)16-11(18)6-5-8-13(16)19-15(22)10-23-17-20-12-7-3-4-9-14(12)24-17/h3-9H,10H2,1-2H3,(H,19,22). The molecule has 1 N–H and O–H groups in total. The Morgan fingerprint density at radius 2 is 2.04 bits per heavy atom. The predicted molar refractivity (Wildman–Crippen MR) is 105 cm³/mol. The topological polar surface area (TPSA) is 45.2 Å². The van der Waals surface area contributed by atoms with Gasteiger partial charge in [-0.2, -0.15) is 0 Å². The van der Waals surface area contributed by atoms with Crippen LogP contribution >= 0.6 is 34.7 Å². The van der Waals surface area contributed by atoms with Crippen molar-refractivity contribution in [1.82, 2.24) is 4.98 Å². The number of nitrogens with one attached hydrogen (secondary N) is 1. The Kier molecular flexibility index (Phi) is 5.28. The molecule has 1 heterocycles. The largest absolute Gasteiger partial charge is 0.375 e. The van der Waals surface area contributed by atoms with Gasteiger partial charge in [0.25, 0.3) is 0 Å². The van der Waals surface area contributed by atoms with E-state index in [0.717, 1.165) is 20.2 Å². The van der Waals surface area contributed by atoms with Crippen molar-refractivity contribution < 1.29 is 4.79 Å². The average molecular weight is 378 g/mol. The van der Waals surface area contributed by atoms with Gasteiger partial charge in [0.2, 0.25) is 5.91 Å². The minimum absolute atomic E-state index is 0.0791. The highest BCUT2D eigenvalue weighted by Crippen LogP contribution is 2.33. The molecular weight excluding hydrogens is 362 g/mol. The summed E-state index contributed by atoms with van der Waals surface area (Å²) < 4.78 is 2.02. The highest BCUT2D eigenvalue weighted by molar-refractivity contribution is 8.01. The molecule has 4 nitrogen and oxygen atoms in total. The molecule has 0 atom stereocenters. The summed E-state index contributed by atoms with van der Waals surface area (Å²) in [7, 11) is 3.79. The summed E-state index contributed by atoms with van der Waals surface area (Å²) in [4.78, 5) is 18.7. The molecule has 2 aromatic carbocycles. The van der Waals surface area contributed by atoms with Crippen LogP contribution < -0.4 is 10.2 Å². The molecule has 24 heavy (non-hydrogen) atoms. The summed E-state index contributed by atoms with van der Waals surface area (Å²) in [5.41, 5.74) is 2.48. The van der Waals surface area contributed by atoms with Crippen molar-refractivity contribution in [1.29, 1.82) is 0 Å². The fraction of sp³-hybridized carbons (Fsp3) is 0.176. The normalized spacial score (nSPS) is 10.8. The molecule has 0 aliphatic heterocycles. The molecule has 0 saturated carbocycles. The van der Waals surface area contributed by atoms with Crippen LogP contribution in [-0.2, 0) is 4.79 Å². The van der Waals surface area contributed by atoms with E-state index in [2.05, 4.69) is 10.3 Å². The molecule has 0 bridgehead atoms. The van der Waals surface area contributed by atoms with Gasteiger partial charge in [0, 0.05) is 14.1 Å². The molecule has 3 rings (SSSR count). The van der Waals surface area contributed by atoms with Crippen molar-refractivity contribution >= 4 is 62.2 Å². The van der Waals surface area contributed by atoms with Crippen LogP contribution in [0, 0.1) is 0 Å². The summed E-state index contributed by atoms with van der Waals surface area (Å²) in [5.74, 6) is 0.226. The fourth-order valence-electron chi connectivity index (χ4n) is 2.30. The number of hydrogen-bond acceptors (Lipinski definition) is 5. The third-order valence-electron chi connectivity index (χ3n) is 3.31. The lowest BCUT2D eigenvalue weighted by Gasteiger charge is -2.19. The van der Waals surface area contributed by atoms with Gasteiger partial charge in [-0.15, -0.1) is 11.3 Å². The first-order valence-electron chi connectivity index (χ1n) is 7.28. The van der Waals surface area contributed by atoms with Crippen LogP contribution in [0.15, 0.2) is 46.8 Å². The van der Waals surface area contributed by atoms with Crippen molar-refractivity contribution in [3.63, 3.8) is 0 Å². The summed E-state index contributed by atoms with van der Waals surface area (Å²) in [6.45, 7) is 0. The minimum Gasteiger partial charge on any atom is -0.375 e. The maximum Gasteiger partial charge on any atom is 0.234 e. The summed E-state index contributed by atoms with van der Waals surface area (Å²) >= 11 is 9.26. The number of thiazole rings is 1. The van der Waals surface area contributed by atoms with E-state index in [1.54, 1.807) is 11.3 Å². The zero-order valence-electron chi connectivity index (χ0n) is 13.2. The van der Waals surface area contributed by atoms with Crippen molar-refractivity contribution in [2.75, 3.05) is 30.1 Å². The Bertz CT molecular complexity index is 846. The van der Waals surface area contributed by atoms with Gasteiger partial charge in [-0.1, -0.05) is 41.6 Å². The maximum absolute atomic E-state index is 12.3. The molecule has 1 amide bonds. The van der Waals surface area contributed by atoms with Crippen LogP contribution in [0.4, 0.5) is 11.4 Å². The van der Waals surface area contributed by atoms with E-state index in [4.69, 9.17) is 11.6 Å². The average Bonchev–Trinajstić information content (AvgIpc) is 2.95. The summed E-state index contributed by atoms with van der Waals surface area (Å²) in [6, 6.07) is 13.4. The van der Waals surface area contributed by atoms with Crippen LogP contribution in [-0.4, -0.2) is 30.7 Å². The Balaban J connectivity index is 1.67. The Morgan fingerprint density at radius 3 is 2.79 bits per heavy atom. The SMILES string of the molecule is CN(C)c1c(Cl)cccc1NC(=O)CSc1nc2ccccc2s1. The lowest BCUT2D eigenvalue weighted by atomic mass is 10.2. The molecule has 0 saturated heterocycles. The Labute approximate surface area is 153 Å². The molecule has 0 fully saturated rings. The molecule has 1 aromatic heterocycles. The van der Waals surface area contributed by atoms with Gasteiger partial charge in [-0.3, -0.25) is 4.79 Å². The number of thioether (sulfide) groups is 1. The molecule has 7 heteroatoms. The van der Waals surface area contributed by atoms with E-state index in [0.29, 0.717) is 16.5 Å². The van der Waals surface area contributed by atoms with Crippen LogP contribution in [0.25, 0.3) is 10.2 Å². The van der Waals surface area contributed by atoms with Crippen LogP contribution in [0.3, 0.4) is 0 Å². The number of carbonyl (C=O) groups excluding carboxylic acids is 1. The number of para-hydroxylation sites is 2. The number of aromatic nitrogens is 1. The molecule has 0 unspecified atom stereocenters. The quantitative estimate of drug-likeness (QED) is 0.652. The summed E-state index contributed by atoms with van der Waals surface area (Å²) in [6.07, 6.45) is 0. The Morgan fingerprint density at radius 1 is 1.25 bits per heavy atom. The van der Waals surface area contributed by atoms with Gasteiger partial charge in [-0.25, -0.2) is 4.98 Å². The van der Waals surface area contributed by atoms with Crippen molar-refractivity contribution in [2.24, 2.45) is 0 Å². The molecular formula is C17H16ClN3OS2. The van der Waals surface area contributed by atoms with E-state index in [1.165, 1.54) is 11.8 Å². The third-order valence-corrected chi connectivity index (χ3v) is 5.79. The van der Waals surface area contributed by atoms with E-state index in [1.807, 2.05) is 61.5 Å². The summed E-state index contributed by atoms with van der Waals surface area (Å²) in [5, 5.41) is 3.54. The second-order valence-electron chi connectivity index (χ2n) is 5.31. The van der Waals surface area contributed by atoms with Gasteiger partial charge < -0.3 is 10.2 Å². The van der Waals surface area contributed by atoms with Crippen molar-refractivity contribution in [3.8, 4) is 0 Å². The molecule has 0 aliphatic rings. The number of anilines is 2. The lowest BCUT2D eigenvalue weighted by Crippen LogP contribution is -2.18. The maximum atomic E-state index is 12.3. The monoisotopic (exact) mass is 377 g/mol. The highest BCUT2D eigenvalue weighted by atomic mass is 35.5. The number of amides is 1. The molecule has 0 aliphatic carbocycles. The van der Waals surface area contributed by atoms with E-state index < -0.39 is 0 Å². The smallest absolute Gasteiger partial charge is 0.234 e. The first-order valence-corrected chi connectivity index (χ1v) is 9.46. The minimum atomic E-state index is -0.0791. The number of hydrogen-bond donors (Lipinski definition) is 1. The number of carbonyl (C=O) groups is 1. The van der Waals surface area contributed by atoms with Crippen LogP contribution in [0.5, 0.6) is 0 Å². The molecule has 3 aromatic rings. The van der Waals surface area contributed by atoms with Gasteiger partial charge in [0.1, 0.15) is 0 Å². The third kappa shape index (κ3) is 3.83. The van der Waals surface area contributed by atoms with E-state index >= 15 is 0 Å². The number of halogens is 1. The predicted octanol–water partition coefficient (Wildman–Crippen LogP) is 4.75. The van der Waals surface area contributed by atoms with Crippen LogP contribution in [0.2, 0.25) is 5.02 Å². The van der Waals surface area contributed by atoms with Gasteiger partial charge >= 0.3 is 0 Å². The first-order chi connectivity index (χ1) is 11.5. The van der Waals surface area contributed by atoms with Gasteiger partial charge in [-0.05, 0) is 24.3 Å². The fourth-order valence-corrected chi connectivity index (χ4v) is 4.51. The lowest BCUT2D eigenvalue weighted by molar-refractivity contribution is -0.113. The highest BCUT2D eigenvalue weighted by Gasteiger charge is 2.13. The second-order valence-corrected chi connectivity index (χ2v) is 7.98. The van der Waals surface area contributed by atoms with Crippen molar-refractivity contribution in [3.05, 3.63) is 47.5 Å². The number of benzene rings is 2. The van der Waals surface area contributed by atoms with E-state index in [9.17, 15) is 4.79 Å². The van der Waals surface area contributed by atoms with Crippen molar-refractivity contribution in [2.45, 2.75) is 4.34 Å². The molecule has 0 radical (unpaired) electrons.